The Kier molecular flexibility index (Phi) is 3.45. The molecule has 0 aromatic carbocycles. The highest BCUT2D eigenvalue weighted by Gasteiger charge is 2.26. The van der Waals surface area contributed by atoms with Gasteiger partial charge in [0, 0.05) is 7.05 Å². The summed E-state index contributed by atoms with van der Waals surface area (Å²) in [6, 6.07) is 3.45. The van der Waals surface area contributed by atoms with E-state index >= 15 is 0 Å². The minimum absolute atomic E-state index is 0.0977. The lowest BCUT2D eigenvalue weighted by molar-refractivity contribution is -0.386. The van der Waals surface area contributed by atoms with E-state index in [1.807, 2.05) is 0 Å². The van der Waals surface area contributed by atoms with E-state index < -0.39 is 4.92 Å². The molecule has 8 heteroatoms. The lowest BCUT2D eigenvalue weighted by atomic mass is 10.4. The van der Waals surface area contributed by atoms with Crippen molar-refractivity contribution < 1.29 is 9.66 Å². The first-order chi connectivity index (χ1) is 8.49. The Bertz CT molecular complexity index is 594. The lowest BCUT2D eigenvalue weighted by Crippen LogP contribution is -1.98. The maximum absolute atomic E-state index is 11.0. The zero-order valence-corrected chi connectivity index (χ0v) is 11.8. The van der Waals surface area contributed by atoms with Gasteiger partial charge in [0.25, 0.3) is 5.88 Å². The standard InChI is InChI=1S/C10H9IN4O3/c1-6-9(15(16)17)10(14(2)13-6)18-7-3-4-8(11)12-5-7/h3-5H,1-2H3. The first kappa shape index (κ1) is 12.7. The first-order valence-electron chi connectivity index (χ1n) is 4.96. The third-order valence-electron chi connectivity index (χ3n) is 2.24. The van der Waals surface area contributed by atoms with Crippen molar-refractivity contribution in [2.75, 3.05) is 0 Å². The summed E-state index contributed by atoms with van der Waals surface area (Å²) in [5.74, 6) is 0.530. The molecule has 2 heterocycles. The summed E-state index contributed by atoms with van der Waals surface area (Å²) in [6.45, 7) is 1.57. The van der Waals surface area contributed by atoms with Crippen molar-refractivity contribution in [3.8, 4) is 11.6 Å². The molecule has 0 radical (unpaired) electrons. The Labute approximate surface area is 116 Å². The average molecular weight is 360 g/mol. The lowest BCUT2D eigenvalue weighted by Gasteiger charge is -2.04. The highest BCUT2D eigenvalue weighted by Crippen LogP contribution is 2.33. The van der Waals surface area contributed by atoms with Gasteiger partial charge in [0.05, 0.1) is 11.1 Å². The Hall–Kier alpha value is -1.71. The molecule has 7 nitrogen and oxygen atoms in total. The smallest absolute Gasteiger partial charge is 0.353 e. The average Bonchev–Trinajstić information content (AvgIpc) is 2.57. The largest absolute Gasteiger partial charge is 0.432 e. The van der Waals surface area contributed by atoms with Crippen molar-refractivity contribution in [1.29, 1.82) is 0 Å². The molecule has 2 aromatic heterocycles. The molecule has 0 saturated carbocycles. The van der Waals surface area contributed by atoms with Crippen molar-refractivity contribution in [3.05, 3.63) is 37.8 Å². The van der Waals surface area contributed by atoms with E-state index in [2.05, 4.69) is 32.7 Å². The van der Waals surface area contributed by atoms with Gasteiger partial charge in [-0.3, -0.25) is 10.1 Å². The van der Waals surface area contributed by atoms with Crippen LogP contribution in [0.2, 0.25) is 0 Å². The van der Waals surface area contributed by atoms with E-state index in [1.165, 1.54) is 10.9 Å². The zero-order valence-electron chi connectivity index (χ0n) is 9.62. The van der Waals surface area contributed by atoms with E-state index in [9.17, 15) is 10.1 Å². The van der Waals surface area contributed by atoms with Gasteiger partial charge in [-0.2, -0.15) is 5.10 Å². The molecule has 94 valence electrons. The number of rotatable bonds is 3. The molecule has 0 aliphatic rings. The van der Waals surface area contributed by atoms with Gasteiger partial charge in [0.1, 0.15) is 15.1 Å². The van der Waals surface area contributed by atoms with Crippen LogP contribution in [0.3, 0.4) is 0 Å². The van der Waals surface area contributed by atoms with Crippen LogP contribution in [-0.4, -0.2) is 19.7 Å². The summed E-state index contributed by atoms with van der Waals surface area (Å²) in [4.78, 5) is 14.5. The van der Waals surface area contributed by atoms with Crippen LogP contribution < -0.4 is 4.74 Å². The fourth-order valence-electron chi connectivity index (χ4n) is 1.48. The van der Waals surface area contributed by atoms with E-state index in [-0.39, 0.29) is 11.6 Å². The van der Waals surface area contributed by atoms with Crippen LogP contribution in [0.15, 0.2) is 18.3 Å². The van der Waals surface area contributed by atoms with Gasteiger partial charge in [0.15, 0.2) is 0 Å². The third-order valence-corrected chi connectivity index (χ3v) is 2.87. The van der Waals surface area contributed by atoms with Crippen LogP contribution in [0.1, 0.15) is 5.69 Å². The number of nitrogens with zero attached hydrogens (tertiary/aromatic N) is 4. The summed E-state index contributed by atoms with van der Waals surface area (Å²) in [7, 11) is 1.59. The van der Waals surface area contributed by atoms with Gasteiger partial charge in [-0.05, 0) is 41.6 Å². The van der Waals surface area contributed by atoms with Crippen LogP contribution in [-0.2, 0) is 7.05 Å². The summed E-state index contributed by atoms with van der Waals surface area (Å²) in [6.07, 6.45) is 1.51. The summed E-state index contributed by atoms with van der Waals surface area (Å²) < 4.78 is 7.62. The Morgan fingerprint density at radius 2 is 2.22 bits per heavy atom. The SMILES string of the molecule is Cc1nn(C)c(Oc2ccc(I)nc2)c1[N+](=O)[O-]. The van der Waals surface area contributed by atoms with Crippen LogP contribution in [0.5, 0.6) is 11.6 Å². The number of pyridine rings is 1. The van der Waals surface area contributed by atoms with Crippen molar-refractivity contribution >= 4 is 28.3 Å². The fourth-order valence-corrected chi connectivity index (χ4v) is 1.80. The van der Waals surface area contributed by atoms with Crippen LogP contribution in [0, 0.1) is 20.7 Å². The predicted octanol–water partition coefficient (Wildman–Crippen LogP) is 2.43. The number of hydrogen-bond acceptors (Lipinski definition) is 5. The molecule has 0 unspecified atom stereocenters. The first-order valence-corrected chi connectivity index (χ1v) is 6.04. The van der Waals surface area contributed by atoms with E-state index in [0.29, 0.717) is 11.4 Å². The number of aromatic nitrogens is 3. The van der Waals surface area contributed by atoms with Gasteiger partial charge in [-0.15, -0.1) is 0 Å². The number of aryl methyl sites for hydroxylation is 2. The number of hydrogen-bond donors (Lipinski definition) is 0. The predicted molar refractivity (Wildman–Crippen MR) is 71.6 cm³/mol. The molecular formula is C10H9IN4O3. The molecule has 0 N–H and O–H groups in total. The Morgan fingerprint density at radius 1 is 1.50 bits per heavy atom. The van der Waals surface area contributed by atoms with Crippen LogP contribution in [0.4, 0.5) is 5.69 Å². The van der Waals surface area contributed by atoms with Crippen LogP contribution >= 0.6 is 22.6 Å². The highest BCUT2D eigenvalue weighted by atomic mass is 127. The molecule has 0 fully saturated rings. The van der Waals surface area contributed by atoms with Crippen molar-refractivity contribution in [1.82, 2.24) is 14.8 Å². The van der Waals surface area contributed by atoms with Crippen molar-refractivity contribution in [2.24, 2.45) is 7.05 Å². The molecule has 0 amide bonds. The monoisotopic (exact) mass is 360 g/mol. The van der Waals surface area contributed by atoms with Gasteiger partial charge < -0.3 is 4.74 Å². The minimum Gasteiger partial charge on any atom is -0.432 e. The van der Waals surface area contributed by atoms with E-state index in [0.717, 1.165) is 3.70 Å². The highest BCUT2D eigenvalue weighted by molar-refractivity contribution is 14.1. The topological polar surface area (TPSA) is 83.1 Å². The number of halogens is 1. The summed E-state index contributed by atoms with van der Waals surface area (Å²) in [5.41, 5.74) is 0.187. The van der Waals surface area contributed by atoms with Gasteiger partial charge in [-0.1, -0.05) is 0 Å². The fraction of sp³-hybridized carbons (Fsp3) is 0.200. The van der Waals surface area contributed by atoms with Crippen molar-refractivity contribution in [3.63, 3.8) is 0 Å². The van der Waals surface area contributed by atoms with E-state index in [1.54, 1.807) is 26.1 Å². The molecule has 0 spiro atoms. The number of ether oxygens (including phenoxy) is 1. The normalized spacial score (nSPS) is 10.4. The van der Waals surface area contributed by atoms with Gasteiger partial charge >= 0.3 is 5.69 Å². The molecule has 0 bridgehead atoms. The molecule has 2 rings (SSSR count). The second kappa shape index (κ2) is 4.88. The van der Waals surface area contributed by atoms with Crippen LogP contribution in [0.25, 0.3) is 0 Å². The maximum Gasteiger partial charge on any atom is 0.353 e. The summed E-state index contributed by atoms with van der Waals surface area (Å²) in [5, 5.41) is 14.9. The third kappa shape index (κ3) is 2.42. The molecular weight excluding hydrogens is 351 g/mol. The molecule has 0 aliphatic carbocycles. The van der Waals surface area contributed by atoms with Gasteiger partial charge in [0.2, 0.25) is 0 Å². The zero-order chi connectivity index (χ0) is 13.3. The van der Waals surface area contributed by atoms with E-state index in [4.69, 9.17) is 4.74 Å². The second-order valence-electron chi connectivity index (χ2n) is 3.54. The second-order valence-corrected chi connectivity index (χ2v) is 4.64. The number of nitro groups is 1. The molecule has 2 aromatic rings. The Morgan fingerprint density at radius 3 is 2.78 bits per heavy atom. The summed E-state index contributed by atoms with van der Waals surface area (Å²) >= 11 is 2.06. The van der Waals surface area contributed by atoms with Crippen molar-refractivity contribution in [2.45, 2.75) is 6.92 Å². The molecule has 18 heavy (non-hydrogen) atoms. The minimum atomic E-state index is -0.502. The maximum atomic E-state index is 11.0. The quantitative estimate of drug-likeness (QED) is 0.363. The van der Waals surface area contributed by atoms with Gasteiger partial charge in [-0.25, -0.2) is 9.67 Å². The molecule has 0 saturated heterocycles. The Balaban J connectivity index is 2.39. The molecule has 0 aliphatic heterocycles. The molecule has 0 atom stereocenters.